The molecule has 1 aromatic rings. The lowest BCUT2D eigenvalue weighted by Crippen LogP contribution is -2.06. The molecule has 0 amide bonds. The molecular formula is C11H16N4OS2. The first kappa shape index (κ1) is 14.7. The molecule has 0 atom stereocenters. The first-order valence-corrected chi connectivity index (χ1v) is 7.09. The predicted octanol–water partition coefficient (Wildman–Crippen LogP) is 1.95. The number of thioether (sulfide) groups is 2. The molecular weight excluding hydrogens is 268 g/mol. The zero-order chi connectivity index (χ0) is 13.5. The number of rotatable bonds is 5. The van der Waals surface area contributed by atoms with Gasteiger partial charge in [-0.3, -0.25) is 10.8 Å². The molecule has 0 saturated heterocycles. The zero-order valence-corrected chi connectivity index (χ0v) is 11.7. The van der Waals surface area contributed by atoms with Crippen LogP contribution in [0, 0.1) is 10.8 Å². The lowest BCUT2D eigenvalue weighted by Gasteiger charge is -2.10. The van der Waals surface area contributed by atoms with Crippen LogP contribution in [0.4, 0.5) is 0 Å². The summed E-state index contributed by atoms with van der Waals surface area (Å²) in [5, 5.41) is 14.6. The summed E-state index contributed by atoms with van der Waals surface area (Å²) in [5.74, 6) is 2.01. The second kappa shape index (κ2) is 7.17. The predicted molar refractivity (Wildman–Crippen MR) is 79.4 cm³/mol. The number of nitrogens with two attached hydrogens (primary N) is 2. The maximum atomic E-state index is 7.23. The standard InChI is InChI=1S/C11H16N4OS2/c1-16-9-3-2-7(5-17-10(12)13)8(4-9)6-18-11(14)15/h2-4H,5-6H2,1H3,(H3,12,13)(H3,14,15). The van der Waals surface area contributed by atoms with Crippen molar-refractivity contribution in [2.75, 3.05) is 7.11 Å². The topological polar surface area (TPSA) is 109 Å². The van der Waals surface area contributed by atoms with Crippen LogP contribution >= 0.6 is 23.5 Å². The number of amidine groups is 2. The van der Waals surface area contributed by atoms with Gasteiger partial charge >= 0.3 is 0 Å². The summed E-state index contributed by atoms with van der Waals surface area (Å²) in [4.78, 5) is 0. The van der Waals surface area contributed by atoms with Crippen LogP contribution in [0.3, 0.4) is 0 Å². The summed E-state index contributed by atoms with van der Waals surface area (Å²) < 4.78 is 5.17. The highest BCUT2D eigenvalue weighted by Gasteiger charge is 2.07. The van der Waals surface area contributed by atoms with Gasteiger partial charge in [-0.2, -0.15) is 0 Å². The van der Waals surface area contributed by atoms with E-state index in [2.05, 4.69) is 0 Å². The molecule has 0 saturated carbocycles. The summed E-state index contributed by atoms with van der Waals surface area (Å²) in [6.45, 7) is 0. The molecule has 98 valence electrons. The molecule has 0 heterocycles. The first-order chi connectivity index (χ1) is 8.52. The maximum Gasteiger partial charge on any atom is 0.151 e. The minimum absolute atomic E-state index is 0.0861. The van der Waals surface area contributed by atoms with Crippen molar-refractivity contribution >= 4 is 33.9 Å². The Hall–Kier alpha value is -1.34. The Morgan fingerprint density at radius 3 is 2.17 bits per heavy atom. The van der Waals surface area contributed by atoms with Crippen molar-refractivity contribution in [2.24, 2.45) is 11.5 Å². The Morgan fingerprint density at radius 1 is 1.11 bits per heavy atom. The van der Waals surface area contributed by atoms with Gasteiger partial charge < -0.3 is 16.2 Å². The minimum Gasteiger partial charge on any atom is -0.497 e. The van der Waals surface area contributed by atoms with E-state index in [0.717, 1.165) is 16.9 Å². The van der Waals surface area contributed by atoms with Gasteiger partial charge in [-0.25, -0.2) is 0 Å². The van der Waals surface area contributed by atoms with E-state index in [9.17, 15) is 0 Å². The smallest absolute Gasteiger partial charge is 0.151 e. The summed E-state index contributed by atoms with van der Waals surface area (Å²) in [5.41, 5.74) is 12.8. The van der Waals surface area contributed by atoms with Crippen LogP contribution in [0.2, 0.25) is 0 Å². The van der Waals surface area contributed by atoms with Gasteiger partial charge in [0.1, 0.15) is 5.75 Å². The van der Waals surface area contributed by atoms with Gasteiger partial charge in [0.2, 0.25) is 0 Å². The molecule has 0 fully saturated rings. The average molecular weight is 284 g/mol. The molecule has 0 unspecified atom stereocenters. The van der Waals surface area contributed by atoms with Crippen molar-refractivity contribution in [3.05, 3.63) is 29.3 Å². The van der Waals surface area contributed by atoms with Crippen LogP contribution in [-0.2, 0) is 11.5 Å². The molecule has 1 aromatic carbocycles. The fourth-order valence-electron chi connectivity index (χ4n) is 1.32. The number of benzene rings is 1. The second-order valence-corrected chi connectivity index (χ2v) is 5.47. The molecule has 6 N–H and O–H groups in total. The summed E-state index contributed by atoms with van der Waals surface area (Å²) in [6.07, 6.45) is 0. The highest BCUT2D eigenvalue weighted by atomic mass is 32.2. The molecule has 0 aromatic heterocycles. The molecule has 7 heteroatoms. The fraction of sp³-hybridized carbons (Fsp3) is 0.273. The fourth-order valence-corrected chi connectivity index (χ4v) is 2.49. The van der Waals surface area contributed by atoms with E-state index in [1.807, 2.05) is 18.2 Å². The Morgan fingerprint density at radius 2 is 1.67 bits per heavy atom. The van der Waals surface area contributed by atoms with E-state index < -0.39 is 0 Å². The lowest BCUT2D eigenvalue weighted by atomic mass is 10.1. The third kappa shape index (κ3) is 4.89. The summed E-state index contributed by atoms with van der Waals surface area (Å²) >= 11 is 2.54. The van der Waals surface area contributed by atoms with Gasteiger partial charge in [0, 0.05) is 11.5 Å². The Kier molecular flexibility index (Phi) is 5.87. The van der Waals surface area contributed by atoms with Crippen LogP contribution in [0.5, 0.6) is 5.75 Å². The number of nitrogens with one attached hydrogen (secondary N) is 2. The normalized spacial score (nSPS) is 10.1. The van der Waals surface area contributed by atoms with Gasteiger partial charge in [-0.05, 0) is 23.3 Å². The lowest BCUT2D eigenvalue weighted by molar-refractivity contribution is 0.414. The monoisotopic (exact) mass is 284 g/mol. The van der Waals surface area contributed by atoms with E-state index >= 15 is 0 Å². The molecule has 5 nitrogen and oxygen atoms in total. The maximum absolute atomic E-state index is 7.23. The molecule has 0 aliphatic heterocycles. The van der Waals surface area contributed by atoms with Gasteiger partial charge in [0.05, 0.1) is 7.11 Å². The van der Waals surface area contributed by atoms with Gasteiger partial charge in [-0.1, -0.05) is 29.6 Å². The number of methoxy groups -OCH3 is 1. The molecule has 0 radical (unpaired) electrons. The van der Waals surface area contributed by atoms with Crippen LogP contribution in [0.15, 0.2) is 18.2 Å². The van der Waals surface area contributed by atoms with Crippen LogP contribution in [0.25, 0.3) is 0 Å². The van der Waals surface area contributed by atoms with Crippen molar-refractivity contribution in [2.45, 2.75) is 11.5 Å². The third-order valence-corrected chi connectivity index (χ3v) is 3.71. The molecule has 0 aliphatic rings. The van der Waals surface area contributed by atoms with Crippen LogP contribution in [-0.4, -0.2) is 17.4 Å². The minimum atomic E-state index is 0.0861. The van der Waals surface area contributed by atoms with Crippen molar-refractivity contribution < 1.29 is 4.74 Å². The third-order valence-electron chi connectivity index (χ3n) is 2.18. The molecule has 0 bridgehead atoms. The largest absolute Gasteiger partial charge is 0.497 e. The highest BCUT2D eigenvalue weighted by molar-refractivity contribution is 8.13. The van der Waals surface area contributed by atoms with E-state index in [4.69, 9.17) is 27.0 Å². The first-order valence-electron chi connectivity index (χ1n) is 5.12. The van der Waals surface area contributed by atoms with E-state index in [1.165, 1.54) is 23.5 Å². The van der Waals surface area contributed by atoms with Crippen molar-refractivity contribution in [3.63, 3.8) is 0 Å². The van der Waals surface area contributed by atoms with Gasteiger partial charge in [0.15, 0.2) is 10.3 Å². The van der Waals surface area contributed by atoms with Crippen molar-refractivity contribution in [1.82, 2.24) is 0 Å². The second-order valence-electron chi connectivity index (χ2n) is 3.44. The van der Waals surface area contributed by atoms with E-state index in [0.29, 0.717) is 11.5 Å². The van der Waals surface area contributed by atoms with Crippen molar-refractivity contribution in [3.8, 4) is 5.75 Å². The van der Waals surface area contributed by atoms with Crippen molar-refractivity contribution in [1.29, 1.82) is 10.8 Å². The number of hydrogen-bond donors (Lipinski definition) is 4. The number of ether oxygens (including phenoxy) is 1. The van der Waals surface area contributed by atoms with Gasteiger partial charge in [0.25, 0.3) is 0 Å². The number of hydrogen-bond acceptors (Lipinski definition) is 5. The molecule has 0 spiro atoms. The highest BCUT2D eigenvalue weighted by Crippen LogP contribution is 2.25. The van der Waals surface area contributed by atoms with Crippen LogP contribution in [0.1, 0.15) is 11.1 Å². The SMILES string of the molecule is COc1ccc(CSC(=N)N)c(CSC(=N)N)c1. The van der Waals surface area contributed by atoms with Gasteiger partial charge in [-0.15, -0.1) is 0 Å². The molecule has 1 rings (SSSR count). The van der Waals surface area contributed by atoms with E-state index in [-0.39, 0.29) is 10.3 Å². The molecule has 18 heavy (non-hydrogen) atoms. The zero-order valence-electron chi connectivity index (χ0n) is 10.0. The Balaban J connectivity index is 2.85. The quantitative estimate of drug-likeness (QED) is 0.488. The summed E-state index contributed by atoms with van der Waals surface area (Å²) in [7, 11) is 1.61. The van der Waals surface area contributed by atoms with Crippen LogP contribution < -0.4 is 16.2 Å². The average Bonchev–Trinajstić information content (AvgIpc) is 2.34. The summed E-state index contributed by atoms with van der Waals surface area (Å²) in [6, 6.07) is 5.74. The van der Waals surface area contributed by atoms with E-state index in [1.54, 1.807) is 7.11 Å². The molecule has 0 aliphatic carbocycles. The Bertz CT molecular complexity index is 451. The Labute approximate surface area is 115 Å².